The molecule has 0 bridgehead atoms. The third-order valence-electron chi connectivity index (χ3n) is 7.13. The highest BCUT2D eigenvalue weighted by Gasteiger charge is 2.42. The zero-order chi connectivity index (χ0) is 23.9. The third-order valence-corrected chi connectivity index (χ3v) is 7.13. The Kier molecular flexibility index (Phi) is 5.90. The lowest BCUT2D eigenvalue weighted by atomic mass is 9.92. The number of oxime groups is 1. The summed E-state index contributed by atoms with van der Waals surface area (Å²) in [6.45, 7) is 9.86. The summed E-state index contributed by atoms with van der Waals surface area (Å²) in [6.07, 6.45) is 10.6. The highest BCUT2D eigenvalue weighted by atomic mass is 16.7. The molecule has 3 aliphatic rings. The Bertz CT molecular complexity index is 1090. The van der Waals surface area contributed by atoms with Gasteiger partial charge in [-0.3, -0.25) is 0 Å². The molecule has 9 heteroatoms. The SMILES string of the molecule is CCn1ncc2c(NC3CCN(C(=O)OC(C)(C)C)CC3)c(C3=NOC4(CCCC4)C3)cnc21. The van der Waals surface area contributed by atoms with Gasteiger partial charge in [0.15, 0.2) is 5.65 Å². The van der Waals surface area contributed by atoms with Gasteiger partial charge in [0.05, 0.1) is 23.0 Å². The molecule has 1 N–H and O–H groups in total. The highest BCUT2D eigenvalue weighted by Crippen LogP contribution is 2.42. The fraction of sp³-hybridized carbons (Fsp3) is 0.680. The topological polar surface area (TPSA) is 93.9 Å². The van der Waals surface area contributed by atoms with E-state index in [0.29, 0.717) is 13.1 Å². The molecule has 1 saturated heterocycles. The molecule has 5 rings (SSSR count). The number of amides is 1. The van der Waals surface area contributed by atoms with Crippen molar-refractivity contribution < 1.29 is 14.4 Å². The molecule has 2 aromatic rings. The fourth-order valence-electron chi connectivity index (χ4n) is 5.32. The van der Waals surface area contributed by atoms with E-state index in [4.69, 9.17) is 14.6 Å². The minimum atomic E-state index is -0.482. The lowest BCUT2D eigenvalue weighted by molar-refractivity contribution is -0.0126. The number of carbonyl (C=O) groups is 1. The Balaban J connectivity index is 1.36. The Morgan fingerprint density at radius 1 is 1.24 bits per heavy atom. The first-order valence-electron chi connectivity index (χ1n) is 12.6. The summed E-state index contributed by atoms with van der Waals surface area (Å²) in [5.74, 6) is 0. The first-order valence-corrected chi connectivity index (χ1v) is 12.6. The Morgan fingerprint density at radius 3 is 2.65 bits per heavy atom. The molecule has 0 radical (unpaired) electrons. The molecule has 1 amide bonds. The molecule has 4 heterocycles. The maximum absolute atomic E-state index is 12.5. The number of aromatic nitrogens is 3. The number of likely N-dealkylation sites (tertiary alicyclic amines) is 1. The summed E-state index contributed by atoms with van der Waals surface area (Å²) in [6, 6.07) is 0.233. The van der Waals surface area contributed by atoms with Crippen LogP contribution in [-0.4, -0.2) is 61.8 Å². The van der Waals surface area contributed by atoms with E-state index in [2.05, 4.69) is 22.5 Å². The van der Waals surface area contributed by atoms with Crippen molar-refractivity contribution in [2.24, 2.45) is 5.16 Å². The summed E-state index contributed by atoms with van der Waals surface area (Å²) in [4.78, 5) is 25.0. The molecule has 0 aromatic carbocycles. The van der Waals surface area contributed by atoms with E-state index in [1.165, 1.54) is 12.8 Å². The van der Waals surface area contributed by atoms with Crippen LogP contribution >= 0.6 is 0 Å². The van der Waals surface area contributed by atoms with Crippen LogP contribution in [0.15, 0.2) is 17.5 Å². The summed E-state index contributed by atoms with van der Waals surface area (Å²) >= 11 is 0. The minimum absolute atomic E-state index is 0.131. The number of anilines is 1. The van der Waals surface area contributed by atoms with Crippen molar-refractivity contribution in [1.82, 2.24) is 19.7 Å². The number of fused-ring (bicyclic) bond motifs is 1. The average Bonchev–Trinajstić information content (AvgIpc) is 3.54. The van der Waals surface area contributed by atoms with Gasteiger partial charge in [-0.2, -0.15) is 5.10 Å². The van der Waals surface area contributed by atoms with E-state index in [1.807, 2.05) is 37.8 Å². The summed E-state index contributed by atoms with van der Waals surface area (Å²) < 4.78 is 7.47. The number of hydrogen-bond acceptors (Lipinski definition) is 7. The maximum Gasteiger partial charge on any atom is 0.410 e. The summed E-state index contributed by atoms with van der Waals surface area (Å²) in [7, 11) is 0. The van der Waals surface area contributed by atoms with Crippen molar-refractivity contribution >= 4 is 28.5 Å². The van der Waals surface area contributed by atoms with Crippen LogP contribution in [0.3, 0.4) is 0 Å². The molecular formula is C25H36N6O3. The smallest absolute Gasteiger partial charge is 0.410 e. The average molecular weight is 469 g/mol. The lowest BCUT2D eigenvalue weighted by Gasteiger charge is -2.34. The molecule has 1 aliphatic carbocycles. The Hall–Kier alpha value is -2.84. The molecule has 1 spiro atoms. The largest absolute Gasteiger partial charge is 0.444 e. The second-order valence-corrected chi connectivity index (χ2v) is 10.8. The molecule has 2 aliphatic heterocycles. The summed E-state index contributed by atoms with van der Waals surface area (Å²) in [5, 5.41) is 13.9. The predicted molar refractivity (Wildman–Crippen MR) is 131 cm³/mol. The van der Waals surface area contributed by atoms with Crippen LogP contribution in [0.25, 0.3) is 11.0 Å². The Morgan fingerprint density at radius 2 is 1.97 bits per heavy atom. The second-order valence-electron chi connectivity index (χ2n) is 10.8. The zero-order valence-corrected chi connectivity index (χ0v) is 20.8. The quantitative estimate of drug-likeness (QED) is 0.699. The molecule has 9 nitrogen and oxygen atoms in total. The third kappa shape index (κ3) is 4.44. The van der Waals surface area contributed by atoms with Crippen LogP contribution in [0.2, 0.25) is 0 Å². The first kappa shape index (κ1) is 22.9. The maximum atomic E-state index is 12.5. The van der Waals surface area contributed by atoms with Crippen LogP contribution in [0.5, 0.6) is 0 Å². The second kappa shape index (κ2) is 8.74. The number of aryl methyl sites for hydroxylation is 1. The normalized spacial score (nSPS) is 20.6. The predicted octanol–water partition coefficient (Wildman–Crippen LogP) is 4.70. The van der Waals surface area contributed by atoms with Gasteiger partial charge in [-0.1, -0.05) is 5.16 Å². The van der Waals surface area contributed by atoms with E-state index >= 15 is 0 Å². The molecule has 184 valence electrons. The van der Waals surface area contributed by atoms with E-state index in [9.17, 15) is 4.79 Å². The van der Waals surface area contributed by atoms with Crippen molar-refractivity contribution in [1.29, 1.82) is 0 Å². The standard InChI is InChI=1S/C25H36N6O3/c1-5-31-22-19(16-27-31)21(18(15-26-22)20-14-25(34-29-20)10-6-7-11-25)28-17-8-12-30(13-9-17)23(32)33-24(2,3)4/h15-17H,5-14H2,1-4H3,(H,26,28). The van der Waals surface area contributed by atoms with Crippen molar-refractivity contribution in [3.8, 4) is 0 Å². The van der Waals surface area contributed by atoms with Gasteiger partial charge >= 0.3 is 6.09 Å². The molecule has 2 aromatic heterocycles. The van der Waals surface area contributed by atoms with E-state index in [1.54, 1.807) is 4.90 Å². The van der Waals surface area contributed by atoms with Gasteiger partial charge in [-0.05, 0) is 66.2 Å². The first-order chi connectivity index (χ1) is 16.3. The number of rotatable bonds is 4. The van der Waals surface area contributed by atoms with Gasteiger partial charge in [0.25, 0.3) is 0 Å². The van der Waals surface area contributed by atoms with Gasteiger partial charge in [-0.15, -0.1) is 0 Å². The molecule has 2 fully saturated rings. The van der Waals surface area contributed by atoms with Crippen LogP contribution < -0.4 is 5.32 Å². The number of nitrogens with zero attached hydrogens (tertiary/aromatic N) is 5. The number of nitrogens with one attached hydrogen (secondary N) is 1. The highest BCUT2D eigenvalue weighted by molar-refractivity contribution is 6.10. The van der Waals surface area contributed by atoms with Crippen molar-refractivity contribution in [2.45, 2.75) is 96.4 Å². The van der Waals surface area contributed by atoms with Crippen molar-refractivity contribution in [3.63, 3.8) is 0 Å². The van der Waals surface area contributed by atoms with Crippen LogP contribution in [0, 0.1) is 0 Å². The van der Waals surface area contributed by atoms with Gasteiger partial charge in [0.2, 0.25) is 0 Å². The molecule has 0 unspecified atom stereocenters. The minimum Gasteiger partial charge on any atom is -0.444 e. The van der Waals surface area contributed by atoms with E-state index < -0.39 is 5.60 Å². The zero-order valence-electron chi connectivity index (χ0n) is 20.8. The number of ether oxygens (including phenoxy) is 1. The van der Waals surface area contributed by atoms with E-state index in [0.717, 1.165) is 66.6 Å². The van der Waals surface area contributed by atoms with Gasteiger partial charge in [0, 0.05) is 43.9 Å². The summed E-state index contributed by atoms with van der Waals surface area (Å²) in [5.41, 5.74) is 3.25. The van der Waals surface area contributed by atoms with Crippen molar-refractivity contribution in [2.75, 3.05) is 18.4 Å². The van der Waals surface area contributed by atoms with Crippen LogP contribution in [0.1, 0.15) is 78.2 Å². The van der Waals surface area contributed by atoms with Crippen molar-refractivity contribution in [3.05, 3.63) is 18.0 Å². The number of carbonyl (C=O) groups excluding carboxylic acids is 1. The van der Waals surface area contributed by atoms with Crippen LogP contribution in [-0.2, 0) is 16.1 Å². The molecule has 0 atom stereocenters. The van der Waals surface area contributed by atoms with Gasteiger partial charge in [-0.25, -0.2) is 14.5 Å². The van der Waals surface area contributed by atoms with E-state index in [-0.39, 0.29) is 17.7 Å². The monoisotopic (exact) mass is 468 g/mol. The lowest BCUT2D eigenvalue weighted by Crippen LogP contribution is -2.44. The van der Waals surface area contributed by atoms with Gasteiger partial charge in [0.1, 0.15) is 11.2 Å². The molecule has 1 saturated carbocycles. The number of piperidine rings is 1. The van der Waals surface area contributed by atoms with Gasteiger partial charge < -0.3 is 19.8 Å². The molecule has 34 heavy (non-hydrogen) atoms. The number of hydrogen-bond donors (Lipinski definition) is 1. The fourth-order valence-corrected chi connectivity index (χ4v) is 5.32. The number of pyridine rings is 1. The van der Waals surface area contributed by atoms with Crippen LogP contribution in [0.4, 0.5) is 10.5 Å². The molecular weight excluding hydrogens is 432 g/mol. The Labute approximate surface area is 200 Å².